The van der Waals surface area contributed by atoms with Gasteiger partial charge in [0.05, 0.1) is 0 Å². The summed E-state index contributed by atoms with van der Waals surface area (Å²) in [5, 5.41) is 0.626. The summed E-state index contributed by atoms with van der Waals surface area (Å²) in [5.74, 6) is -0.406. The van der Waals surface area contributed by atoms with Crippen LogP contribution in [0.2, 0.25) is 5.02 Å². The highest BCUT2D eigenvalue weighted by Gasteiger charge is 2.37. The Balaban J connectivity index is 1.79. The van der Waals surface area contributed by atoms with Gasteiger partial charge in [0.2, 0.25) is 0 Å². The zero-order valence-corrected chi connectivity index (χ0v) is 12.9. The van der Waals surface area contributed by atoms with E-state index in [2.05, 4.69) is 0 Å². The second-order valence-electron chi connectivity index (χ2n) is 5.10. The van der Waals surface area contributed by atoms with E-state index >= 15 is 0 Å². The number of benzene rings is 2. The summed E-state index contributed by atoms with van der Waals surface area (Å²) in [5.41, 5.74) is 1.69. The van der Waals surface area contributed by atoms with E-state index in [0.717, 1.165) is 16.0 Å². The van der Waals surface area contributed by atoms with Crippen molar-refractivity contribution in [3.05, 3.63) is 76.8 Å². The van der Waals surface area contributed by atoms with Crippen LogP contribution >= 0.6 is 11.6 Å². The highest BCUT2D eigenvalue weighted by Crippen LogP contribution is 2.28. The first-order valence-electron chi connectivity index (χ1n) is 7.14. The summed E-state index contributed by atoms with van der Waals surface area (Å²) in [6, 6.07) is 16.0. The molecule has 0 N–H and O–H groups in total. The Morgan fingerprint density at radius 3 is 2.52 bits per heavy atom. The molecule has 1 fully saturated rings. The number of halogens is 1. The third kappa shape index (κ3) is 3.43. The molecule has 1 aliphatic rings. The van der Waals surface area contributed by atoms with Crippen LogP contribution in [0.25, 0.3) is 6.08 Å². The van der Waals surface area contributed by atoms with Crippen LogP contribution in [0.3, 0.4) is 0 Å². The van der Waals surface area contributed by atoms with Crippen molar-refractivity contribution in [1.82, 2.24) is 4.90 Å². The van der Waals surface area contributed by atoms with E-state index < -0.39 is 18.0 Å². The van der Waals surface area contributed by atoms with Crippen molar-refractivity contribution >= 4 is 29.7 Å². The minimum absolute atomic E-state index is 0.170. The number of amides is 2. The molecule has 2 aromatic rings. The first-order valence-corrected chi connectivity index (χ1v) is 7.51. The number of hydrogen-bond acceptors (Lipinski definition) is 3. The average Bonchev–Trinajstić information content (AvgIpc) is 2.96. The van der Waals surface area contributed by atoms with Crippen LogP contribution in [0.5, 0.6) is 0 Å². The average molecular weight is 328 g/mol. The molecule has 0 aliphatic carbocycles. The Kier molecular flexibility index (Phi) is 4.44. The quantitative estimate of drug-likeness (QED) is 0.798. The predicted octanol–water partition coefficient (Wildman–Crippen LogP) is 4.07. The molecular formula is C18H14ClNO3. The van der Waals surface area contributed by atoms with E-state index in [-0.39, 0.29) is 6.61 Å². The van der Waals surface area contributed by atoms with Gasteiger partial charge in [0.1, 0.15) is 12.6 Å². The number of ether oxygens (including phenoxy) is 1. The maximum absolute atomic E-state index is 12.4. The summed E-state index contributed by atoms with van der Waals surface area (Å²) >= 11 is 5.82. The first kappa shape index (κ1) is 15.3. The van der Waals surface area contributed by atoms with Crippen molar-refractivity contribution in [1.29, 1.82) is 0 Å². The molecule has 0 aromatic heterocycles. The third-order valence-electron chi connectivity index (χ3n) is 3.58. The molecule has 0 spiro atoms. The maximum atomic E-state index is 12.4. The molecule has 1 atom stereocenters. The molecule has 2 aromatic carbocycles. The fourth-order valence-electron chi connectivity index (χ4n) is 2.41. The maximum Gasteiger partial charge on any atom is 0.417 e. The summed E-state index contributed by atoms with van der Waals surface area (Å²) in [6.07, 6.45) is 2.39. The highest BCUT2D eigenvalue weighted by molar-refractivity contribution is 6.30. The Hall–Kier alpha value is -2.59. The fourth-order valence-corrected chi connectivity index (χ4v) is 2.53. The molecule has 23 heavy (non-hydrogen) atoms. The molecule has 0 unspecified atom stereocenters. The van der Waals surface area contributed by atoms with E-state index in [1.54, 1.807) is 30.3 Å². The molecule has 0 saturated carbocycles. The summed E-state index contributed by atoms with van der Waals surface area (Å²) in [6.45, 7) is 0.170. The van der Waals surface area contributed by atoms with Gasteiger partial charge in [-0.3, -0.25) is 4.79 Å². The van der Waals surface area contributed by atoms with Gasteiger partial charge in [0.15, 0.2) is 0 Å². The molecule has 3 rings (SSSR count). The monoisotopic (exact) mass is 327 g/mol. The van der Waals surface area contributed by atoms with Gasteiger partial charge in [0.25, 0.3) is 5.91 Å². The van der Waals surface area contributed by atoms with Crippen LogP contribution in [0.1, 0.15) is 17.2 Å². The normalized spacial score (nSPS) is 17.5. The minimum atomic E-state index is -0.621. The van der Waals surface area contributed by atoms with E-state index in [1.807, 2.05) is 30.3 Å². The van der Waals surface area contributed by atoms with Gasteiger partial charge in [-0.15, -0.1) is 0 Å². The molecule has 4 nitrogen and oxygen atoms in total. The Morgan fingerprint density at radius 1 is 1.13 bits per heavy atom. The van der Waals surface area contributed by atoms with Crippen molar-refractivity contribution < 1.29 is 14.3 Å². The minimum Gasteiger partial charge on any atom is -0.446 e. The lowest BCUT2D eigenvalue weighted by atomic mass is 10.1. The Bertz CT molecular complexity index is 741. The molecule has 0 radical (unpaired) electrons. The lowest BCUT2D eigenvalue weighted by Crippen LogP contribution is -2.32. The van der Waals surface area contributed by atoms with Crippen LogP contribution in [0, 0.1) is 0 Å². The Morgan fingerprint density at radius 2 is 1.83 bits per heavy atom. The van der Waals surface area contributed by atoms with E-state index in [1.165, 1.54) is 6.08 Å². The van der Waals surface area contributed by atoms with Gasteiger partial charge in [-0.1, -0.05) is 54.1 Å². The number of hydrogen-bond donors (Lipinski definition) is 0. The molecular weight excluding hydrogens is 314 g/mol. The zero-order chi connectivity index (χ0) is 16.2. The Labute approximate surface area is 138 Å². The van der Waals surface area contributed by atoms with Crippen molar-refractivity contribution in [2.75, 3.05) is 6.61 Å². The number of nitrogens with zero attached hydrogens (tertiary/aromatic N) is 1. The third-order valence-corrected chi connectivity index (χ3v) is 3.84. The lowest BCUT2D eigenvalue weighted by Gasteiger charge is -2.18. The van der Waals surface area contributed by atoms with Gasteiger partial charge in [-0.25, -0.2) is 9.69 Å². The lowest BCUT2D eigenvalue weighted by molar-refractivity contribution is -0.124. The topological polar surface area (TPSA) is 46.6 Å². The zero-order valence-electron chi connectivity index (χ0n) is 12.2. The SMILES string of the molecule is O=C(C=Cc1ccc(Cl)cc1)N1C(=O)OC[C@@H]1c1ccccc1. The predicted molar refractivity (Wildman–Crippen MR) is 87.9 cm³/mol. The van der Waals surface area contributed by atoms with Crippen LogP contribution < -0.4 is 0 Å². The first-order chi connectivity index (χ1) is 11.1. The number of cyclic esters (lactones) is 1. The summed E-state index contributed by atoms with van der Waals surface area (Å²) in [4.78, 5) is 25.4. The molecule has 1 heterocycles. The van der Waals surface area contributed by atoms with Gasteiger partial charge in [-0.2, -0.15) is 0 Å². The van der Waals surface area contributed by atoms with E-state index in [9.17, 15) is 9.59 Å². The fraction of sp³-hybridized carbons (Fsp3) is 0.111. The standard InChI is InChI=1S/C18H14ClNO3/c19-15-9-6-13(7-10-15)8-11-17(21)20-16(12-23-18(20)22)14-4-2-1-3-5-14/h1-11,16H,12H2/t16-/m1/s1. The molecule has 116 valence electrons. The van der Waals surface area contributed by atoms with Gasteiger partial charge in [0, 0.05) is 11.1 Å². The van der Waals surface area contributed by atoms with E-state index in [0.29, 0.717) is 5.02 Å². The van der Waals surface area contributed by atoms with Crippen LogP contribution in [-0.2, 0) is 9.53 Å². The number of imide groups is 1. The number of carbonyl (C=O) groups excluding carboxylic acids is 2. The van der Waals surface area contributed by atoms with Crippen molar-refractivity contribution in [3.8, 4) is 0 Å². The summed E-state index contributed by atoms with van der Waals surface area (Å²) in [7, 11) is 0. The largest absolute Gasteiger partial charge is 0.446 e. The van der Waals surface area contributed by atoms with Crippen molar-refractivity contribution in [2.24, 2.45) is 0 Å². The number of carbonyl (C=O) groups is 2. The van der Waals surface area contributed by atoms with E-state index in [4.69, 9.17) is 16.3 Å². The van der Waals surface area contributed by atoms with Crippen LogP contribution in [0.15, 0.2) is 60.7 Å². The van der Waals surface area contributed by atoms with Gasteiger partial charge >= 0.3 is 6.09 Å². The van der Waals surface area contributed by atoms with Gasteiger partial charge in [-0.05, 0) is 29.3 Å². The summed E-state index contributed by atoms with van der Waals surface area (Å²) < 4.78 is 5.04. The van der Waals surface area contributed by atoms with Crippen molar-refractivity contribution in [2.45, 2.75) is 6.04 Å². The van der Waals surface area contributed by atoms with Crippen molar-refractivity contribution in [3.63, 3.8) is 0 Å². The molecule has 1 aliphatic heterocycles. The second-order valence-corrected chi connectivity index (χ2v) is 5.53. The number of rotatable bonds is 3. The molecule has 0 bridgehead atoms. The molecule has 1 saturated heterocycles. The smallest absolute Gasteiger partial charge is 0.417 e. The van der Waals surface area contributed by atoms with Crippen LogP contribution in [-0.4, -0.2) is 23.5 Å². The molecule has 5 heteroatoms. The van der Waals surface area contributed by atoms with Crippen LogP contribution in [0.4, 0.5) is 4.79 Å². The highest BCUT2D eigenvalue weighted by atomic mass is 35.5. The second kappa shape index (κ2) is 6.67. The van der Waals surface area contributed by atoms with Gasteiger partial charge < -0.3 is 4.74 Å². The molecule has 2 amide bonds.